The molecule has 0 spiro atoms. The number of benzene rings is 1. The van der Waals surface area contributed by atoms with Crippen molar-refractivity contribution in [1.82, 2.24) is 10.6 Å². The van der Waals surface area contributed by atoms with Crippen molar-refractivity contribution < 1.29 is 14.3 Å². The van der Waals surface area contributed by atoms with E-state index in [1.807, 2.05) is 18.2 Å². The predicted molar refractivity (Wildman–Crippen MR) is 63.6 cm³/mol. The lowest BCUT2D eigenvalue weighted by molar-refractivity contribution is 0.247. The molecule has 0 aliphatic carbocycles. The van der Waals surface area contributed by atoms with Crippen LogP contribution in [0.25, 0.3) is 0 Å². The molecular weight excluding hydrogens is 220 g/mol. The maximum Gasteiger partial charge on any atom is 0.315 e. The first-order valence-electron chi connectivity index (χ1n) is 5.48. The van der Waals surface area contributed by atoms with Crippen LogP contribution in [0.1, 0.15) is 5.56 Å². The van der Waals surface area contributed by atoms with Gasteiger partial charge in [-0.25, -0.2) is 4.79 Å². The first-order valence-corrected chi connectivity index (χ1v) is 5.48. The van der Waals surface area contributed by atoms with Crippen molar-refractivity contribution in [2.24, 2.45) is 0 Å². The molecule has 1 aromatic rings. The maximum absolute atomic E-state index is 11.0. The highest BCUT2D eigenvalue weighted by Crippen LogP contribution is 2.28. The standard InChI is InChI=1S/C12H16N2O3/c1-16-10-4-3-8(6-11(10)17-2)5-9-7-13-12(15)14-9/h3-4,6,9H,5,7H2,1-2H3,(H2,13,14,15). The van der Waals surface area contributed by atoms with Crippen LogP contribution in [0, 0.1) is 0 Å². The SMILES string of the molecule is COc1ccc(CC2CNC(=O)N2)cc1OC. The number of carbonyl (C=O) groups is 1. The Kier molecular flexibility index (Phi) is 3.37. The van der Waals surface area contributed by atoms with E-state index in [0.29, 0.717) is 18.0 Å². The third-order valence-electron chi connectivity index (χ3n) is 2.77. The minimum atomic E-state index is -0.101. The fraction of sp³-hybridized carbons (Fsp3) is 0.417. The van der Waals surface area contributed by atoms with Crippen LogP contribution in [-0.4, -0.2) is 32.8 Å². The van der Waals surface area contributed by atoms with Crippen molar-refractivity contribution in [1.29, 1.82) is 0 Å². The summed E-state index contributed by atoms with van der Waals surface area (Å²) >= 11 is 0. The lowest BCUT2D eigenvalue weighted by atomic mass is 10.1. The Morgan fingerprint density at radius 3 is 2.65 bits per heavy atom. The first-order chi connectivity index (χ1) is 8.22. The van der Waals surface area contributed by atoms with E-state index >= 15 is 0 Å². The molecule has 1 atom stereocenters. The zero-order chi connectivity index (χ0) is 12.3. The molecule has 1 saturated heterocycles. The van der Waals surface area contributed by atoms with Gasteiger partial charge in [0.2, 0.25) is 0 Å². The second-order valence-electron chi connectivity index (χ2n) is 3.94. The van der Waals surface area contributed by atoms with Crippen LogP contribution in [-0.2, 0) is 6.42 Å². The lowest BCUT2D eigenvalue weighted by Crippen LogP contribution is -2.28. The zero-order valence-electron chi connectivity index (χ0n) is 9.95. The molecule has 17 heavy (non-hydrogen) atoms. The smallest absolute Gasteiger partial charge is 0.315 e. The summed E-state index contributed by atoms with van der Waals surface area (Å²) in [6.07, 6.45) is 0.777. The number of nitrogens with one attached hydrogen (secondary N) is 2. The van der Waals surface area contributed by atoms with Gasteiger partial charge in [0.1, 0.15) is 0 Å². The Morgan fingerprint density at radius 2 is 2.06 bits per heavy atom. The van der Waals surface area contributed by atoms with E-state index in [9.17, 15) is 4.79 Å². The molecule has 92 valence electrons. The molecule has 1 aromatic carbocycles. The fourth-order valence-electron chi connectivity index (χ4n) is 1.92. The Morgan fingerprint density at radius 1 is 1.29 bits per heavy atom. The normalized spacial score (nSPS) is 18.5. The molecule has 0 bridgehead atoms. The van der Waals surface area contributed by atoms with Crippen LogP contribution in [0.2, 0.25) is 0 Å². The monoisotopic (exact) mass is 236 g/mol. The Bertz CT molecular complexity index is 420. The van der Waals surface area contributed by atoms with Crippen molar-refractivity contribution in [2.75, 3.05) is 20.8 Å². The topological polar surface area (TPSA) is 59.6 Å². The quantitative estimate of drug-likeness (QED) is 0.817. The summed E-state index contributed by atoms with van der Waals surface area (Å²) in [5.74, 6) is 1.42. The van der Waals surface area contributed by atoms with Crippen LogP contribution >= 0.6 is 0 Å². The number of hydrogen-bond acceptors (Lipinski definition) is 3. The van der Waals surface area contributed by atoms with Gasteiger partial charge in [-0.2, -0.15) is 0 Å². The van der Waals surface area contributed by atoms with Crippen LogP contribution in [0.15, 0.2) is 18.2 Å². The van der Waals surface area contributed by atoms with E-state index in [1.54, 1.807) is 14.2 Å². The van der Waals surface area contributed by atoms with Crippen LogP contribution in [0.5, 0.6) is 11.5 Å². The van der Waals surface area contributed by atoms with Gasteiger partial charge in [-0.15, -0.1) is 0 Å². The number of rotatable bonds is 4. The van der Waals surface area contributed by atoms with E-state index in [0.717, 1.165) is 12.0 Å². The highest BCUT2D eigenvalue weighted by molar-refractivity contribution is 5.76. The molecule has 1 unspecified atom stereocenters. The predicted octanol–water partition coefficient (Wildman–Crippen LogP) is 0.928. The Hall–Kier alpha value is -1.91. The van der Waals surface area contributed by atoms with Crippen LogP contribution in [0.4, 0.5) is 4.79 Å². The van der Waals surface area contributed by atoms with Crippen molar-refractivity contribution in [2.45, 2.75) is 12.5 Å². The van der Waals surface area contributed by atoms with Crippen molar-refractivity contribution in [3.8, 4) is 11.5 Å². The zero-order valence-corrected chi connectivity index (χ0v) is 9.95. The highest BCUT2D eigenvalue weighted by atomic mass is 16.5. The highest BCUT2D eigenvalue weighted by Gasteiger charge is 2.20. The van der Waals surface area contributed by atoms with E-state index in [2.05, 4.69) is 10.6 Å². The van der Waals surface area contributed by atoms with Crippen LogP contribution < -0.4 is 20.1 Å². The van der Waals surface area contributed by atoms with E-state index < -0.39 is 0 Å². The van der Waals surface area contributed by atoms with Gasteiger partial charge in [0.15, 0.2) is 11.5 Å². The summed E-state index contributed by atoms with van der Waals surface area (Å²) in [6, 6.07) is 5.82. The maximum atomic E-state index is 11.0. The number of carbonyl (C=O) groups excluding carboxylic acids is 1. The van der Waals surface area contributed by atoms with E-state index in [4.69, 9.17) is 9.47 Å². The van der Waals surface area contributed by atoms with E-state index in [-0.39, 0.29) is 12.1 Å². The van der Waals surface area contributed by atoms with E-state index in [1.165, 1.54) is 0 Å². The molecule has 5 heteroatoms. The molecule has 0 saturated carbocycles. The minimum absolute atomic E-state index is 0.101. The Balaban J connectivity index is 2.08. The molecule has 2 rings (SSSR count). The van der Waals surface area contributed by atoms with Crippen molar-refractivity contribution in [3.05, 3.63) is 23.8 Å². The number of methoxy groups -OCH3 is 2. The molecule has 1 heterocycles. The molecule has 1 fully saturated rings. The number of amides is 2. The second-order valence-corrected chi connectivity index (χ2v) is 3.94. The summed E-state index contributed by atoms with van der Waals surface area (Å²) < 4.78 is 10.4. The van der Waals surface area contributed by atoms with Gasteiger partial charge >= 0.3 is 6.03 Å². The van der Waals surface area contributed by atoms with Crippen molar-refractivity contribution >= 4 is 6.03 Å². The second kappa shape index (κ2) is 4.95. The van der Waals surface area contributed by atoms with Gasteiger partial charge in [0, 0.05) is 6.54 Å². The summed E-state index contributed by atoms with van der Waals surface area (Å²) in [6.45, 7) is 0.660. The van der Waals surface area contributed by atoms with Crippen LogP contribution in [0.3, 0.4) is 0 Å². The van der Waals surface area contributed by atoms with Gasteiger partial charge in [-0.05, 0) is 24.1 Å². The van der Waals surface area contributed by atoms with Crippen molar-refractivity contribution in [3.63, 3.8) is 0 Å². The first kappa shape index (κ1) is 11.6. The van der Waals surface area contributed by atoms with Gasteiger partial charge in [-0.3, -0.25) is 0 Å². The molecule has 2 N–H and O–H groups in total. The summed E-state index contributed by atoms with van der Waals surface area (Å²) in [4.78, 5) is 11.0. The molecule has 0 radical (unpaired) electrons. The van der Waals surface area contributed by atoms with Gasteiger partial charge < -0.3 is 20.1 Å². The number of hydrogen-bond donors (Lipinski definition) is 2. The number of urea groups is 1. The minimum Gasteiger partial charge on any atom is -0.493 e. The molecule has 1 aliphatic rings. The third kappa shape index (κ3) is 2.61. The largest absolute Gasteiger partial charge is 0.493 e. The third-order valence-corrected chi connectivity index (χ3v) is 2.77. The summed E-state index contributed by atoms with van der Waals surface area (Å²) in [5, 5.41) is 5.58. The Labute approximate surface area is 100 Å². The average molecular weight is 236 g/mol. The summed E-state index contributed by atoms with van der Waals surface area (Å²) in [7, 11) is 3.22. The van der Waals surface area contributed by atoms with Gasteiger partial charge in [0.25, 0.3) is 0 Å². The van der Waals surface area contributed by atoms with Gasteiger partial charge in [-0.1, -0.05) is 6.07 Å². The molecule has 1 aliphatic heterocycles. The molecule has 0 aromatic heterocycles. The number of ether oxygens (including phenoxy) is 2. The molecular formula is C12H16N2O3. The molecule has 2 amide bonds. The fourth-order valence-corrected chi connectivity index (χ4v) is 1.92. The molecule has 5 nitrogen and oxygen atoms in total. The van der Waals surface area contributed by atoms with Gasteiger partial charge in [0.05, 0.1) is 20.3 Å². The lowest BCUT2D eigenvalue weighted by Gasteiger charge is -2.12. The average Bonchev–Trinajstić information content (AvgIpc) is 2.74. The summed E-state index contributed by atoms with van der Waals surface area (Å²) in [5.41, 5.74) is 1.11.